The number of hydrogen-bond acceptors (Lipinski definition) is 4. The largest absolute Gasteiger partial charge is 0.269 e. The lowest BCUT2D eigenvalue weighted by molar-refractivity contribution is -0.384. The van der Waals surface area contributed by atoms with Crippen molar-refractivity contribution in [2.75, 3.05) is 0 Å². The van der Waals surface area contributed by atoms with E-state index in [9.17, 15) is 10.1 Å². The summed E-state index contributed by atoms with van der Waals surface area (Å²) in [4.78, 5) is 9.87. The Hall–Kier alpha value is -0.630. The number of nitro groups is 1. The molecular formula is C7H5IN2O2S. The number of benzene rings is 1. The van der Waals surface area contributed by atoms with E-state index in [0.29, 0.717) is 0 Å². The summed E-state index contributed by atoms with van der Waals surface area (Å²) in [6, 6.07) is 6.24. The highest BCUT2D eigenvalue weighted by Gasteiger charge is 2.01. The van der Waals surface area contributed by atoms with Crippen LogP contribution in [0.1, 0.15) is 5.56 Å². The summed E-state index contributed by atoms with van der Waals surface area (Å²) in [6.45, 7) is 0. The molecule has 0 unspecified atom stereocenters. The maximum Gasteiger partial charge on any atom is 0.269 e. The van der Waals surface area contributed by atoms with E-state index in [4.69, 9.17) is 0 Å². The maximum absolute atomic E-state index is 10.3. The van der Waals surface area contributed by atoms with E-state index >= 15 is 0 Å². The topological polar surface area (TPSA) is 55.5 Å². The van der Waals surface area contributed by atoms with Crippen LogP contribution in [-0.2, 0) is 0 Å². The van der Waals surface area contributed by atoms with Crippen molar-refractivity contribution in [2.45, 2.75) is 0 Å². The Bertz CT molecular complexity index is 326. The predicted molar refractivity (Wildman–Crippen MR) is 62.3 cm³/mol. The van der Waals surface area contributed by atoms with Gasteiger partial charge < -0.3 is 0 Å². The first kappa shape index (κ1) is 10.5. The molecule has 0 N–H and O–H groups in total. The minimum absolute atomic E-state index is 0.0966. The zero-order valence-electron chi connectivity index (χ0n) is 6.38. The van der Waals surface area contributed by atoms with Crippen molar-refractivity contribution in [1.82, 2.24) is 0 Å². The van der Waals surface area contributed by atoms with Crippen LogP contribution >= 0.6 is 30.3 Å². The molecule has 0 atom stereocenters. The van der Waals surface area contributed by atoms with Gasteiger partial charge in [0.05, 0.1) is 4.92 Å². The number of nitro benzene ring substituents is 1. The van der Waals surface area contributed by atoms with Gasteiger partial charge in [0.25, 0.3) is 5.69 Å². The third-order valence-corrected chi connectivity index (χ3v) is 2.21. The standard InChI is InChI=1S/C7H5IN2O2S/c8-13-9-5-6-1-3-7(4-2-6)10(11)12/h1-5H. The molecule has 0 heterocycles. The zero-order valence-corrected chi connectivity index (χ0v) is 9.36. The summed E-state index contributed by atoms with van der Waals surface area (Å²) < 4.78 is 3.93. The van der Waals surface area contributed by atoms with Crippen molar-refractivity contribution >= 4 is 42.2 Å². The molecule has 0 aliphatic heterocycles. The summed E-state index contributed by atoms with van der Waals surface area (Å²) in [5, 5.41) is 10.3. The van der Waals surface area contributed by atoms with Crippen LogP contribution in [0, 0.1) is 10.1 Å². The highest BCUT2D eigenvalue weighted by atomic mass is 127. The second-order valence-corrected chi connectivity index (χ2v) is 3.68. The van der Waals surface area contributed by atoms with Gasteiger partial charge in [0.15, 0.2) is 0 Å². The Balaban J connectivity index is 2.81. The SMILES string of the molecule is O=[N+]([O-])c1ccc(C=NSI)cc1. The van der Waals surface area contributed by atoms with Gasteiger partial charge in [-0.1, -0.05) is 0 Å². The van der Waals surface area contributed by atoms with Crippen LogP contribution in [0.4, 0.5) is 5.69 Å². The first-order valence-corrected chi connectivity index (χ1v) is 6.61. The Morgan fingerprint density at radius 1 is 1.46 bits per heavy atom. The van der Waals surface area contributed by atoms with E-state index in [-0.39, 0.29) is 5.69 Å². The van der Waals surface area contributed by atoms with Crippen LogP contribution in [0.3, 0.4) is 0 Å². The van der Waals surface area contributed by atoms with Gasteiger partial charge in [-0.3, -0.25) is 10.1 Å². The lowest BCUT2D eigenvalue weighted by Gasteiger charge is -1.91. The van der Waals surface area contributed by atoms with Gasteiger partial charge in [-0.05, 0) is 17.7 Å². The molecule has 0 bridgehead atoms. The maximum atomic E-state index is 10.3. The van der Waals surface area contributed by atoms with Crippen LogP contribution in [0.15, 0.2) is 28.7 Å². The van der Waals surface area contributed by atoms with E-state index < -0.39 is 4.92 Å². The van der Waals surface area contributed by atoms with Crippen LogP contribution in [0.5, 0.6) is 0 Å². The van der Waals surface area contributed by atoms with E-state index in [1.165, 1.54) is 21.3 Å². The van der Waals surface area contributed by atoms with Gasteiger partial charge in [0, 0.05) is 48.7 Å². The molecule has 0 aliphatic rings. The second kappa shape index (κ2) is 5.18. The highest BCUT2D eigenvalue weighted by Crippen LogP contribution is 2.14. The number of hydrogen-bond donors (Lipinski definition) is 0. The van der Waals surface area contributed by atoms with Gasteiger partial charge in [-0.2, -0.15) is 0 Å². The van der Waals surface area contributed by atoms with E-state index in [1.54, 1.807) is 18.3 Å². The second-order valence-electron chi connectivity index (χ2n) is 2.15. The Labute approximate surface area is 91.3 Å². The molecule has 6 heteroatoms. The van der Waals surface area contributed by atoms with Gasteiger partial charge in [-0.15, -0.1) is 0 Å². The smallest absolute Gasteiger partial charge is 0.258 e. The van der Waals surface area contributed by atoms with Gasteiger partial charge >= 0.3 is 0 Å². The molecule has 0 fully saturated rings. The van der Waals surface area contributed by atoms with Crippen LogP contribution < -0.4 is 0 Å². The average Bonchev–Trinajstić information content (AvgIpc) is 2.15. The molecule has 0 spiro atoms. The molecule has 0 aromatic heterocycles. The molecule has 1 aromatic carbocycles. The van der Waals surface area contributed by atoms with Gasteiger partial charge in [0.2, 0.25) is 0 Å². The fourth-order valence-electron chi connectivity index (χ4n) is 0.763. The highest BCUT2D eigenvalue weighted by molar-refractivity contribution is 14.2. The lowest BCUT2D eigenvalue weighted by Crippen LogP contribution is -1.87. The monoisotopic (exact) mass is 308 g/mol. The zero-order chi connectivity index (χ0) is 9.68. The fourth-order valence-corrected chi connectivity index (χ4v) is 1.27. The molecule has 1 rings (SSSR count). The minimum Gasteiger partial charge on any atom is -0.258 e. The minimum atomic E-state index is -0.423. The lowest BCUT2D eigenvalue weighted by atomic mass is 10.2. The number of halogens is 1. The van der Waals surface area contributed by atoms with E-state index in [2.05, 4.69) is 4.40 Å². The first-order valence-electron chi connectivity index (χ1n) is 3.29. The molecule has 68 valence electrons. The quantitative estimate of drug-likeness (QED) is 0.283. The number of nitrogens with zero attached hydrogens (tertiary/aromatic N) is 2. The fraction of sp³-hybridized carbons (Fsp3) is 0. The Morgan fingerprint density at radius 3 is 2.54 bits per heavy atom. The predicted octanol–water partition coefficient (Wildman–Crippen LogP) is 3.01. The van der Waals surface area contributed by atoms with Gasteiger partial charge in [-0.25, -0.2) is 4.40 Å². The summed E-state index contributed by atoms with van der Waals surface area (Å²) >= 11 is 2.04. The molecule has 0 aliphatic carbocycles. The molecule has 0 saturated heterocycles. The van der Waals surface area contributed by atoms with E-state index in [1.807, 2.05) is 21.2 Å². The van der Waals surface area contributed by atoms with Crippen LogP contribution in [-0.4, -0.2) is 11.1 Å². The van der Waals surface area contributed by atoms with Crippen molar-refractivity contribution in [1.29, 1.82) is 0 Å². The molecule has 0 radical (unpaired) electrons. The summed E-state index contributed by atoms with van der Waals surface area (Å²) in [5.74, 6) is 0. The summed E-state index contributed by atoms with van der Waals surface area (Å²) in [7, 11) is 1.31. The van der Waals surface area contributed by atoms with E-state index in [0.717, 1.165) is 5.56 Å². The van der Waals surface area contributed by atoms with Crippen molar-refractivity contribution in [3.05, 3.63) is 39.9 Å². The summed E-state index contributed by atoms with van der Waals surface area (Å²) in [6.07, 6.45) is 1.65. The van der Waals surface area contributed by atoms with Crippen LogP contribution in [0.2, 0.25) is 0 Å². The third-order valence-electron chi connectivity index (χ3n) is 1.35. The normalized spacial score (nSPS) is 10.5. The van der Waals surface area contributed by atoms with Crippen LogP contribution in [0.25, 0.3) is 0 Å². The molecular weight excluding hydrogens is 303 g/mol. The number of rotatable bonds is 3. The van der Waals surface area contributed by atoms with Crippen molar-refractivity contribution in [3.8, 4) is 0 Å². The Morgan fingerprint density at radius 2 is 2.08 bits per heavy atom. The average molecular weight is 308 g/mol. The third kappa shape index (κ3) is 3.31. The van der Waals surface area contributed by atoms with Gasteiger partial charge in [0.1, 0.15) is 0 Å². The molecule has 0 amide bonds. The number of non-ortho nitro benzene ring substituents is 1. The molecule has 13 heavy (non-hydrogen) atoms. The van der Waals surface area contributed by atoms with Crippen molar-refractivity contribution < 1.29 is 4.92 Å². The molecule has 4 nitrogen and oxygen atoms in total. The van der Waals surface area contributed by atoms with Crippen molar-refractivity contribution in [3.63, 3.8) is 0 Å². The first-order chi connectivity index (χ1) is 6.24. The molecule has 0 saturated carbocycles. The van der Waals surface area contributed by atoms with Crippen molar-refractivity contribution in [2.24, 2.45) is 4.40 Å². The molecule has 1 aromatic rings. The summed E-state index contributed by atoms with van der Waals surface area (Å²) in [5.41, 5.74) is 0.953. The Kier molecular flexibility index (Phi) is 4.16.